The molecule has 148 valence electrons. The van der Waals surface area contributed by atoms with Crippen LogP contribution in [0.1, 0.15) is 50.1 Å². The van der Waals surface area contributed by atoms with Gasteiger partial charge in [-0.25, -0.2) is 4.98 Å². The molecule has 4 heteroatoms. The summed E-state index contributed by atoms with van der Waals surface area (Å²) in [6, 6.07) is 17.1. The van der Waals surface area contributed by atoms with E-state index in [0.717, 1.165) is 50.1 Å². The number of amides is 1. The van der Waals surface area contributed by atoms with E-state index >= 15 is 0 Å². The van der Waals surface area contributed by atoms with Crippen LogP contribution in [0.3, 0.4) is 0 Å². The average Bonchev–Trinajstić information content (AvgIpc) is 3.02. The fourth-order valence-corrected chi connectivity index (χ4v) is 3.49. The van der Waals surface area contributed by atoms with Crippen molar-refractivity contribution in [3.63, 3.8) is 0 Å². The van der Waals surface area contributed by atoms with Crippen LogP contribution in [0.5, 0.6) is 0 Å². The summed E-state index contributed by atoms with van der Waals surface area (Å²) < 4.78 is 2.35. The summed E-state index contributed by atoms with van der Waals surface area (Å²) >= 11 is 0. The van der Waals surface area contributed by atoms with Crippen molar-refractivity contribution in [3.8, 4) is 0 Å². The Balaban J connectivity index is 1.63. The molecule has 0 aliphatic carbocycles. The first-order valence-electron chi connectivity index (χ1n) is 10.3. The van der Waals surface area contributed by atoms with E-state index in [1.807, 2.05) is 19.9 Å². The Kier molecular flexibility index (Phi) is 6.85. The Labute approximate surface area is 168 Å². The van der Waals surface area contributed by atoms with Gasteiger partial charge in [0.1, 0.15) is 5.82 Å². The SMILES string of the molecule is Cc1cccc(Cn2c(CCCCCNC(=O)C(C)C)nc3ccccc32)c1. The molecule has 0 aliphatic rings. The first-order valence-corrected chi connectivity index (χ1v) is 10.3. The number of unbranched alkanes of at least 4 members (excludes halogenated alkanes) is 2. The number of fused-ring (bicyclic) bond motifs is 1. The maximum Gasteiger partial charge on any atom is 0.222 e. The lowest BCUT2D eigenvalue weighted by atomic mass is 10.1. The van der Waals surface area contributed by atoms with Crippen LogP contribution in [0.2, 0.25) is 0 Å². The monoisotopic (exact) mass is 377 g/mol. The van der Waals surface area contributed by atoms with Gasteiger partial charge in [0.15, 0.2) is 0 Å². The first kappa shape index (κ1) is 20.1. The van der Waals surface area contributed by atoms with Crippen molar-refractivity contribution in [1.82, 2.24) is 14.9 Å². The van der Waals surface area contributed by atoms with Crippen LogP contribution in [-0.2, 0) is 17.8 Å². The molecule has 1 amide bonds. The van der Waals surface area contributed by atoms with Gasteiger partial charge >= 0.3 is 0 Å². The second kappa shape index (κ2) is 9.54. The average molecular weight is 378 g/mol. The summed E-state index contributed by atoms with van der Waals surface area (Å²) in [5.74, 6) is 1.34. The summed E-state index contributed by atoms with van der Waals surface area (Å²) in [5, 5.41) is 2.99. The Morgan fingerprint density at radius 1 is 1.07 bits per heavy atom. The fourth-order valence-electron chi connectivity index (χ4n) is 3.49. The van der Waals surface area contributed by atoms with Gasteiger partial charge in [-0.15, -0.1) is 0 Å². The van der Waals surface area contributed by atoms with Gasteiger partial charge in [-0.2, -0.15) is 0 Å². The van der Waals surface area contributed by atoms with Crippen LogP contribution < -0.4 is 5.32 Å². The van der Waals surface area contributed by atoms with Gasteiger partial charge in [0.25, 0.3) is 0 Å². The third-order valence-corrected chi connectivity index (χ3v) is 5.06. The lowest BCUT2D eigenvalue weighted by Crippen LogP contribution is -2.28. The molecule has 0 fully saturated rings. The summed E-state index contributed by atoms with van der Waals surface area (Å²) in [7, 11) is 0. The number of carbonyl (C=O) groups excluding carboxylic acids is 1. The highest BCUT2D eigenvalue weighted by atomic mass is 16.1. The Bertz CT molecular complexity index is 926. The molecule has 28 heavy (non-hydrogen) atoms. The maximum atomic E-state index is 11.6. The molecule has 1 heterocycles. The lowest BCUT2D eigenvalue weighted by Gasteiger charge is -2.11. The summed E-state index contributed by atoms with van der Waals surface area (Å²) in [6.45, 7) is 7.59. The number of nitrogens with zero attached hydrogens (tertiary/aromatic N) is 2. The number of aromatic nitrogens is 2. The summed E-state index contributed by atoms with van der Waals surface area (Å²) in [5.41, 5.74) is 4.85. The van der Waals surface area contributed by atoms with Crippen LogP contribution >= 0.6 is 0 Å². The number of hydrogen-bond acceptors (Lipinski definition) is 2. The van der Waals surface area contributed by atoms with Gasteiger partial charge in [0.2, 0.25) is 5.91 Å². The van der Waals surface area contributed by atoms with Crippen molar-refractivity contribution in [2.75, 3.05) is 6.54 Å². The molecule has 3 aromatic rings. The third kappa shape index (κ3) is 5.22. The molecule has 0 aliphatic heterocycles. The molecule has 0 saturated heterocycles. The van der Waals surface area contributed by atoms with Gasteiger partial charge in [-0.05, 0) is 37.5 Å². The predicted molar refractivity (Wildman–Crippen MR) is 115 cm³/mol. The van der Waals surface area contributed by atoms with Crippen LogP contribution in [0.4, 0.5) is 0 Å². The molecular weight excluding hydrogens is 346 g/mol. The molecular formula is C24H31N3O. The number of para-hydroxylation sites is 2. The van der Waals surface area contributed by atoms with Crippen molar-refractivity contribution in [2.45, 2.75) is 53.0 Å². The molecule has 2 aromatic carbocycles. The van der Waals surface area contributed by atoms with E-state index in [0.29, 0.717) is 0 Å². The Morgan fingerprint density at radius 2 is 1.89 bits per heavy atom. The fraction of sp³-hybridized carbons (Fsp3) is 0.417. The Morgan fingerprint density at radius 3 is 2.68 bits per heavy atom. The van der Waals surface area contributed by atoms with Crippen molar-refractivity contribution >= 4 is 16.9 Å². The van der Waals surface area contributed by atoms with Crippen molar-refractivity contribution in [1.29, 1.82) is 0 Å². The standard InChI is InChI=1S/C24H31N3O/c1-18(2)24(28)25-15-8-4-5-14-23-26-21-12-6-7-13-22(21)27(23)17-20-11-9-10-19(3)16-20/h6-7,9-13,16,18H,4-5,8,14-15,17H2,1-3H3,(H,25,28). The number of imidazole rings is 1. The number of aryl methyl sites for hydroxylation is 2. The first-order chi connectivity index (χ1) is 13.5. The zero-order valence-corrected chi connectivity index (χ0v) is 17.2. The van der Waals surface area contributed by atoms with Gasteiger partial charge in [0.05, 0.1) is 11.0 Å². The van der Waals surface area contributed by atoms with Gasteiger partial charge in [-0.3, -0.25) is 4.79 Å². The van der Waals surface area contributed by atoms with Gasteiger partial charge in [-0.1, -0.05) is 62.2 Å². The zero-order chi connectivity index (χ0) is 19.9. The number of nitrogens with one attached hydrogen (secondary N) is 1. The topological polar surface area (TPSA) is 46.9 Å². The minimum Gasteiger partial charge on any atom is -0.356 e. The maximum absolute atomic E-state index is 11.6. The molecule has 0 bridgehead atoms. The minimum atomic E-state index is 0.0570. The van der Waals surface area contributed by atoms with Crippen molar-refractivity contribution in [2.24, 2.45) is 5.92 Å². The number of hydrogen-bond donors (Lipinski definition) is 1. The highest BCUT2D eigenvalue weighted by Gasteiger charge is 2.11. The largest absolute Gasteiger partial charge is 0.356 e. The molecule has 4 nitrogen and oxygen atoms in total. The van der Waals surface area contributed by atoms with Crippen LogP contribution in [0, 0.1) is 12.8 Å². The third-order valence-electron chi connectivity index (χ3n) is 5.06. The van der Waals surface area contributed by atoms with E-state index in [9.17, 15) is 4.79 Å². The number of rotatable bonds is 9. The van der Waals surface area contributed by atoms with Gasteiger partial charge < -0.3 is 9.88 Å². The molecule has 0 radical (unpaired) electrons. The van der Waals surface area contributed by atoms with E-state index in [2.05, 4.69) is 59.3 Å². The van der Waals surface area contributed by atoms with E-state index in [-0.39, 0.29) is 11.8 Å². The molecule has 0 spiro atoms. The Hall–Kier alpha value is -2.62. The van der Waals surface area contributed by atoms with Crippen LogP contribution in [-0.4, -0.2) is 22.0 Å². The van der Waals surface area contributed by atoms with Crippen LogP contribution in [0.25, 0.3) is 11.0 Å². The van der Waals surface area contributed by atoms with E-state index in [4.69, 9.17) is 4.98 Å². The van der Waals surface area contributed by atoms with Crippen LogP contribution in [0.15, 0.2) is 48.5 Å². The normalized spacial score (nSPS) is 11.3. The molecule has 0 saturated carbocycles. The van der Waals surface area contributed by atoms with Crippen molar-refractivity contribution < 1.29 is 4.79 Å². The van der Waals surface area contributed by atoms with Crippen molar-refractivity contribution in [3.05, 3.63) is 65.5 Å². The number of carbonyl (C=O) groups is 1. The molecule has 3 rings (SSSR count). The highest BCUT2D eigenvalue weighted by Crippen LogP contribution is 2.20. The quantitative estimate of drug-likeness (QED) is 0.540. The summed E-state index contributed by atoms with van der Waals surface area (Å²) in [6.07, 6.45) is 4.13. The zero-order valence-electron chi connectivity index (χ0n) is 17.2. The van der Waals surface area contributed by atoms with E-state index in [1.54, 1.807) is 0 Å². The van der Waals surface area contributed by atoms with Gasteiger partial charge in [0, 0.05) is 25.4 Å². The second-order valence-corrected chi connectivity index (χ2v) is 7.85. The number of benzene rings is 2. The molecule has 0 unspecified atom stereocenters. The molecule has 1 aromatic heterocycles. The molecule has 1 N–H and O–H groups in total. The summed E-state index contributed by atoms with van der Waals surface area (Å²) in [4.78, 5) is 16.5. The lowest BCUT2D eigenvalue weighted by molar-refractivity contribution is -0.123. The van der Waals surface area contributed by atoms with E-state index in [1.165, 1.54) is 16.6 Å². The predicted octanol–water partition coefficient (Wildman–Crippen LogP) is 4.88. The minimum absolute atomic E-state index is 0.0570. The highest BCUT2D eigenvalue weighted by molar-refractivity contribution is 5.77. The second-order valence-electron chi connectivity index (χ2n) is 7.85. The molecule has 0 atom stereocenters. The smallest absolute Gasteiger partial charge is 0.222 e. The van der Waals surface area contributed by atoms with E-state index < -0.39 is 0 Å².